The molecule has 0 fully saturated rings. The first kappa shape index (κ1) is 11.3. The Hall–Kier alpha value is -1.82. The SMILES string of the molecule is CCSc1nn2c(c1N)N=NC2c1ccccc1. The first-order valence-corrected chi connectivity index (χ1v) is 6.76. The van der Waals surface area contributed by atoms with E-state index in [1.54, 1.807) is 16.4 Å². The molecule has 1 unspecified atom stereocenters. The lowest BCUT2D eigenvalue weighted by Crippen LogP contribution is -2.05. The standard InChI is InChI=1S/C12H13N5S/c1-2-18-12-9(13)11-15-14-10(17(11)16-12)8-6-4-3-5-7-8/h3-7,10H,2,13H2,1H3. The Morgan fingerprint density at radius 1 is 1.33 bits per heavy atom. The van der Waals surface area contributed by atoms with E-state index in [0.29, 0.717) is 11.5 Å². The van der Waals surface area contributed by atoms with Crippen LogP contribution in [-0.4, -0.2) is 15.5 Å². The molecule has 1 aliphatic rings. The summed E-state index contributed by atoms with van der Waals surface area (Å²) in [5.41, 5.74) is 7.72. The van der Waals surface area contributed by atoms with Gasteiger partial charge in [0.15, 0.2) is 12.0 Å². The average molecular weight is 259 g/mol. The minimum Gasteiger partial charge on any atom is -0.393 e. The van der Waals surface area contributed by atoms with E-state index in [1.807, 2.05) is 30.3 Å². The second kappa shape index (κ2) is 4.45. The quantitative estimate of drug-likeness (QED) is 0.860. The molecule has 0 amide bonds. The first-order valence-electron chi connectivity index (χ1n) is 5.78. The van der Waals surface area contributed by atoms with E-state index >= 15 is 0 Å². The summed E-state index contributed by atoms with van der Waals surface area (Å²) in [6, 6.07) is 9.98. The van der Waals surface area contributed by atoms with Crippen LogP contribution in [0.3, 0.4) is 0 Å². The van der Waals surface area contributed by atoms with Crippen molar-refractivity contribution in [1.82, 2.24) is 9.78 Å². The average Bonchev–Trinajstić information content (AvgIpc) is 2.93. The normalized spacial score (nSPS) is 17.1. The molecule has 1 atom stereocenters. The van der Waals surface area contributed by atoms with Crippen molar-refractivity contribution in [2.45, 2.75) is 18.1 Å². The summed E-state index contributed by atoms with van der Waals surface area (Å²) in [6.07, 6.45) is -0.185. The highest BCUT2D eigenvalue weighted by molar-refractivity contribution is 7.99. The number of nitrogen functional groups attached to an aromatic ring is 1. The van der Waals surface area contributed by atoms with E-state index in [-0.39, 0.29) is 6.17 Å². The second-order valence-corrected chi connectivity index (χ2v) is 5.17. The highest BCUT2D eigenvalue weighted by Gasteiger charge is 2.27. The highest BCUT2D eigenvalue weighted by atomic mass is 32.2. The molecule has 3 rings (SSSR count). The van der Waals surface area contributed by atoms with Crippen molar-refractivity contribution >= 4 is 23.3 Å². The molecule has 0 saturated heterocycles. The number of rotatable bonds is 3. The topological polar surface area (TPSA) is 68.6 Å². The molecule has 18 heavy (non-hydrogen) atoms. The van der Waals surface area contributed by atoms with Gasteiger partial charge in [0.2, 0.25) is 0 Å². The van der Waals surface area contributed by atoms with Crippen LogP contribution in [0.5, 0.6) is 0 Å². The molecular weight excluding hydrogens is 246 g/mol. The Labute approximate surface area is 109 Å². The molecular formula is C12H13N5S. The largest absolute Gasteiger partial charge is 0.393 e. The zero-order valence-electron chi connectivity index (χ0n) is 9.95. The summed E-state index contributed by atoms with van der Waals surface area (Å²) in [7, 11) is 0. The van der Waals surface area contributed by atoms with E-state index in [2.05, 4.69) is 22.3 Å². The van der Waals surface area contributed by atoms with Gasteiger partial charge in [0, 0.05) is 5.56 Å². The molecule has 1 aliphatic heterocycles. The van der Waals surface area contributed by atoms with Crippen LogP contribution in [0.25, 0.3) is 0 Å². The van der Waals surface area contributed by atoms with Crippen molar-refractivity contribution in [3.63, 3.8) is 0 Å². The number of aromatic nitrogens is 2. The van der Waals surface area contributed by atoms with Gasteiger partial charge in [0.25, 0.3) is 0 Å². The van der Waals surface area contributed by atoms with Crippen LogP contribution in [0.15, 0.2) is 45.6 Å². The van der Waals surface area contributed by atoms with Crippen LogP contribution in [-0.2, 0) is 0 Å². The molecule has 5 nitrogen and oxygen atoms in total. The van der Waals surface area contributed by atoms with Gasteiger partial charge in [-0.1, -0.05) is 37.3 Å². The zero-order chi connectivity index (χ0) is 12.5. The van der Waals surface area contributed by atoms with Crippen molar-refractivity contribution < 1.29 is 0 Å². The number of hydrogen-bond donors (Lipinski definition) is 1. The Morgan fingerprint density at radius 3 is 2.83 bits per heavy atom. The second-order valence-electron chi connectivity index (χ2n) is 3.92. The van der Waals surface area contributed by atoms with Gasteiger partial charge in [-0.3, -0.25) is 0 Å². The van der Waals surface area contributed by atoms with Gasteiger partial charge in [-0.25, -0.2) is 4.68 Å². The molecule has 0 bridgehead atoms. The Morgan fingerprint density at radius 2 is 2.11 bits per heavy atom. The van der Waals surface area contributed by atoms with Gasteiger partial charge in [-0.15, -0.1) is 16.9 Å². The zero-order valence-corrected chi connectivity index (χ0v) is 10.8. The number of nitrogens with two attached hydrogens (primary N) is 1. The fraction of sp³-hybridized carbons (Fsp3) is 0.250. The number of nitrogens with zero attached hydrogens (tertiary/aromatic N) is 4. The Bertz CT molecular complexity index is 590. The number of fused-ring (bicyclic) bond motifs is 1. The third-order valence-electron chi connectivity index (χ3n) is 2.76. The number of hydrogen-bond acceptors (Lipinski definition) is 5. The predicted molar refractivity (Wildman–Crippen MR) is 72.1 cm³/mol. The van der Waals surface area contributed by atoms with Crippen LogP contribution in [0.2, 0.25) is 0 Å². The van der Waals surface area contributed by atoms with Gasteiger partial charge in [-0.05, 0) is 5.75 Å². The van der Waals surface area contributed by atoms with Crippen molar-refractivity contribution in [2.24, 2.45) is 10.2 Å². The number of azo groups is 1. The van der Waals surface area contributed by atoms with Crippen LogP contribution >= 0.6 is 11.8 Å². The fourth-order valence-corrected chi connectivity index (χ4v) is 2.59. The van der Waals surface area contributed by atoms with Crippen molar-refractivity contribution in [2.75, 3.05) is 11.5 Å². The molecule has 0 radical (unpaired) electrons. The van der Waals surface area contributed by atoms with E-state index < -0.39 is 0 Å². The minimum absolute atomic E-state index is 0.185. The molecule has 2 aromatic rings. The van der Waals surface area contributed by atoms with Gasteiger partial charge in [0.05, 0.1) is 0 Å². The van der Waals surface area contributed by atoms with E-state index in [4.69, 9.17) is 5.73 Å². The van der Waals surface area contributed by atoms with Gasteiger partial charge >= 0.3 is 0 Å². The monoisotopic (exact) mass is 259 g/mol. The van der Waals surface area contributed by atoms with Crippen molar-refractivity contribution in [3.05, 3.63) is 35.9 Å². The van der Waals surface area contributed by atoms with Crippen LogP contribution in [0.1, 0.15) is 18.7 Å². The number of thioether (sulfide) groups is 1. The van der Waals surface area contributed by atoms with Crippen molar-refractivity contribution in [1.29, 1.82) is 0 Å². The summed E-state index contributed by atoms with van der Waals surface area (Å²) < 4.78 is 1.79. The summed E-state index contributed by atoms with van der Waals surface area (Å²) in [6.45, 7) is 2.07. The lowest BCUT2D eigenvalue weighted by molar-refractivity contribution is 0.559. The summed E-state index contributed by atoms with van der Waals surface area (Å²) in [5.74, 6) is 1.60. The molecule has 0 spiro atoms. The molecule has 2 heterocycles. The molecule has 0 saturated carbocycles. The number of benzene rings is 1. The van der Waals surface area contributed by atoms with Crippen LogP contribution in [0.4, 0.5) is 11.5 Å². The molecule has 1 aromatic carbocycles. The maximum atomic E-state index is 6.02. The smallest absolute Gasteiger partial charge is 0.199 e. The van der Waals surface area contributed by atoms with Gasteiger partial charge < -0.3 is 5.73 Å². The third-order valence-corrected chi connectivity index (χ3v) is 3.62. The summed E-state index contributed by atoms with van der Waals surface area (Å²) >= 11 is 1.62. The third kappa shape index (κ3) is 1.69. The predicted octanol–water partition coefficient (Wildman–Crippen LogP) is 3.22. The molecule has 2 N–H and O–H groups in total. The van der Waals surface area contributed by atoms with Crippen LogP contribution < -0.4 is 5.73 Å². The van der Waals surface area contributed by atoms with E-state index in [1.165, 1.54) is 0 Å². The summed E-state index contributed by atoms with van der Waals surface area (Å²) in [4.78, 5) is 0. The maximum Gasteiger partial charge on any atom is 0.199 e. The molecule has 0 aliphatic carbocycles. The van der Waals surface area contributed by atoms with Crippen LogP contribution in [0, 0.1) is 0 Å². The molecule has 92 valence electrons. The van der Waals surface area contributed by atoms with E-state index in [9.17, 15) is 0 Å². The Balaban J connectivity index is 2.02. The fourth-order valence-electron chi connectivity index (χ4n) is 1.92. The summed E-state index contributed by atoms with van der Waals surface area (Å²) in [5, 5.41) is 13.7. The van der Waals surface area contributed by atoms with Gasteiger partial charge in [0.1, 0.15) is 10.7 Å². The van der Waals surface area contributed by atoms with E-state index in [0.717, 1.165) is 16.3 Å². The lowest BCUT2D eigenvalue weighted by Gasteiger charge is -2.07. The minimum atomic E-state index is -0.185. The maximum absolute atomic E-state index is 6.02. The highest BCUT2D eigenvalue weighted by Crippen LogP contribution is 2.41. The molecule has 1 aromatic heterocycles. The lowest BCUT2D eigenvalue weighted by atomic mass is 10.2. The van der Waals surface area contributed by atoms with Gasteiger partial charge in [-0.2, -0.15) is 10.2 Å². The van der Waals surface area contributed by atoms with Crippen molar-refractivity contribution in [3.8, 4) is 0 Å². The number of anilines is 1. The Kier molecular flexibility index (Phi) is 2.79. The first-order chi connectivity index (χ1) is 8.81. The molecule has 6 heteroatoms.